The molecule has 146 valence electrons. The highest BCUT2D eigenvalue weighted by molar-refractivity contribution is 9.10. The number of carbonyl (C=O) groups excluding carboxylic acids is 1. The van der Waals surface area contributed by atoms with E-state index >= 15 is 0 Å². The van der Waals surface area contributed by atoms with Gasteiger partial charge >= 0.3 is 0 Å². The Labute approximate surface area is 177 Å². The second kappa shape index (κ2) is 9.39. The van der Waals surface area contributed by atoms with Crippen LogP contribution in [0.3, 0.4) is 0 Å². The lowest BCUT2D eigenvalue weighted by Crippen LogP contribution is -2.41. The fourth-order valence-corrected chi connectivity index (χ4v) is 5.05. The Balaban J connectivity index is 2.15. The zero-order valence-electron chi connectivity index (χ0n) is 14.7. The van der Waals surface area contributed by atoms with Crippen LogP contribution in [0, 0.1) is 0 Å². The fourth-order valence-electron chi connectivity index (χ4n) is 2.49. The van der Waals surface area contributed by atoms with Crippen LogP contribution in [0.5, 0.6) is 0 Å². The quantitative estimate of drug-likeness (QED) is 0.610. The Kier molecular flexibility index (Phi) is 7.71. The first-order chi connectivity index (χ1) is 12.6. The first kappa shape index (κ1) is 22.2. The first-order valence-electron chi connectivity index (χ1n) is 8.15. The summed E-state index contributed by atoms with van der Waals surface area (Å²) in [5, 5.41) is 3.12. The molecule has 0 spiro atoms. The largest absolute Gasteiger partial charge is 0.348 e. The van der Waals surface area contributed by atoms with Gasteiger partial charge in [0.25, 0.3) is 0 Å². The molecular formula is C18H19BrCl2N2O3S. The van der Waals surface area contributed by atoms with Gasteiger partial charge in [-0.3, -0.25) is 4.79 Å². The van der Waals surface area contributed by atoms with Crippen molar-refractivity contribution in [3.63, 3.8) is 0 Å². The smallest absolute Gasteiger partial charge is 0.245 e. The molecule has 2 rings (SSSR count). The summed E-state index contributed by atoms with van der Waals surface area (Å²) in [6.45, 7) is 3.28. The van der Waals surface area contributed by atoms with Gasteiger partial charge in [0, 0.05) is 16.0 Å². The SMILES string of the molecule is CCN(CC(=O)N[C@@H](C)c1cccc(Br)c1)S(=O)(=O)c1cc(Cl)ccc1Cl. The standard InChI is InChI=1S/C18H19BrCl2N2O3S/c1-3-23(27(25,26)17-10-15(20)7-8-16(17)21)11-18(24)22-12(2)13-5-4-6-14(19)9-13/h4-10,12H,3,11H2,1-2H3,(H,22,24)/t12-/m0/s1. The molecule has 0 aliphatic rings. The Bertz CT molecular complexity index is 938. The molecule has 27 heavy (non-hydrogen) atoms. The van der Waals surface area contributed by atoms with Crippen LogP contribution in [-0.4, -0.2) is 31.7 Å². The third-order valence-corrected chi connectivity index (χ3v) is 7.04. The molecule has 5 nitrogen and oxygen atoms in total. The predicted octanol–water partition coefficient (Wildman–Crippen LogP) is 4.64. The van der Waals surface area contributed by atoms with Gasteiger partial charge in [-0.25, -0.2) is 8.42 Å². The summed E-state index contributed by atoms with van der Waals surface area (Å²) in [5.41, 5.74) is 0.904. The van der Waals surface area contributed by atoms with E-state index in [4.69, 9.17) is 23.2 Å². The zero-order chi connectivity index (χ0) is 20.2. The molecule has 0 radical (unpaired) electrons. The number of amides is 1. The average molecular weight is 494 g/mol. The summed E-state index contributed by atoms with van der Waals surface area (Å²) in [7, 11) is -3.96. The highest BCUT2D eigenvalue weighted by Gasteiger charge is 2.28. The maximum Gasteiger partial charge on any atom is 0.245 e. The average Bonchev–Trinajstić information content (AvgIpc) is 2.61. The Hall–Kier alpha value is -1.12. The van der Waals surface area contributed by atoms with Crippen LogP contribution in [-0.2, 0) is 14.8 Å². The summed E-state index contributed by atoms with van der Waals surface area (Å²) >= 11 is 15.3. The van der Waals surface area contributed by atoms with E-state index in [2.05, 4.69) is 21.2 Å². The van der Waals surface area contributed by atoms with E-state index in [1.54, 1.807) is 6.92 Å². The molecule has 0 aromatic heterocycles. The highest BCUT2D eigenvalue weighted by Crippen LogP contribution is 2.27. The third-order valence-electron chi connectivity index (χ3n) is 3.91. The number of sulfonamides is 1. The van der Waals surface area contributed by atoms with Crippen LogP contribution >= 0.6 is 39.1 Å². The van der Waals surface area contributed by atoms with Crippen molar-refractivity contribution in [2.75, 3.05) is 13.1 Å². The van der Waals surface area contributed by atoms with Crippen molar-refractivity contribution < 1.29 is 13.2 Å². The highest BCUT2D eigenvalue weighted by atomic mass is 79.9. The van der Waals surface area contributed by atoms with E-state index in [1.165, 1.54) is 18.2 Å². The van der Waals surface area contributed by atoms with Gasteiger partial charge in [-0.15, -0.1) is 0 Å². The number of hydrogen-bond donors (Lipinski definition) is 1. The number of nitrogens with one attached hydrogen (secondary N) is 1. The predicted molar refractivity (Wildman–Crippen MR) is 112 cm³/mol. The van der Waals surface area contributed by atoms with Crippen molar-refractivity contribution in [3.8, 4) is 0 Å². The topological polar surface area (TPSA) is 66.5 Å². The number of hydrogen-bond acceptors (Lipinski definition) is 3. The molecule has 0 unspecified atom stereocenters. The van der Waals surface area contributed by atoms with Crippen LogP contribution in [0.15, 0.2) is 51.8 Å². The van der Waals surface area contributed by atoms with Crippen LogP contribution in [0.25, 0.3) is 0 Å². The van der Waals surface area contributed by atoms with Gasteiger partial charge in [-0.2, -0.15) is 4.31 Å². The minimum absolute atomic E-state index is 0.0563. The van der Waals surface area contributed by atoms with E-state index in [-0.39, 0.29) is 34.1 Å². The summed E-state index contributed by atoms with van der Waals surface area (Å²) in [4.78, 5) is 12.3. The Morgan fingerprint density at radius 1 is 1.22 bits per heavy atom. The van der Waals surface area contributed by atoms with Crippen LogP contribution in [0.4, 0.5) is 0 Å². The van der Waals surface area contributed by atoms with E-state index in [0.717, 1.165) is 14.3 Å². The molecule has 0 aliphatic heterocycles. The van der Waals surface area contributed by atoms with E-state index in [9.17, 15) is 13.2 Å². The summed E-state index contributed by atoms with van der Waals surface area (Å²) in [6, 6.07) is 11.5. The van der Waals surface area contributed by atoms with Crippen molar-refractivity contribution in [2.45, 2.75) is 24.8 Å². The summed E-state index contributed by atoms with van der Waals surface area (Å²) in [5.74, 6) is -0.411. The van der Waals surface area contributed by atoms with Crippen molar-refractivity contribution in [1.82, 2.24) is 9.62 Å². The molecule has 0 fully saturated rings. The summed E-state index contributed by atoms with van der Waals surface area (Å²) in [6.07, 6.45) is 0. The molecule has 0 heterocycles. The second-order valence-electron chi connectivity index (χ2n) is 5.85. The van der Waals surface area contributed by atoms with Gasteiger partial charge in [0.1, 0.15) is 4.90 Å². The third kappa shape index (κ3) is 5.68. The Morgan fingerprint density at radius 3 is 2.56 bits per heavy atom. The monoisotopic (exact) mass is 492 g/mol. The number of likely N-dealkylation sites (N-methyl/N-ethyl adjacent to an activating group) is 1. The zero-order valence-corrected chi connectivity index (χ0v) is 18.7. The lowest BCUT2D eigenvalue weighted by molar-refractivity contribution is -0.121. The van der Waals surface area contributed by atoms with Gasteiger partial charge in [0.2, 0.25) is 15.9 Å². The van der Waals surface area contributed by atoms with Crippen LogP contribution < -0.4 is 5.32 Å². The minimum Gasteiger partial charge on any atom is -0.348 e. The van der Waals surface area contributed by atoms with Gasteiger partial charge in [-0.05, 0) is 42.8 Å². The van der Waals surface area contributed by atoms with Gasteiger partial charge in [0.15, 0.2) is 0 Å². The molecule has 1 N–H and O–H groups in total. The lowest BCUT2D eigenvalue weighted by Gasteiger charge is -2.22. The number of carbonyl (C=O) groups is 1. The van der Waals surface area contributed by atoms with Gasteiger partial charge in [0.05, 0.1) is 17.6 Å². The van der Waals surface area contributed by atoms with E-state index < -0.39 is 15.9 Å². The van der Waals surface area contributed by atoms with E-state index in [1.807, 2.05) is 31.2 Å². The van der Waals surface area contributed by atoms with Crippen molar-refractivity contribution in [2.24, 2.45) is 0 Å². The molecule has 0 bridgehead atoms. The molecule has 0 saturated heterocycles. The lowest BCUT2D eigenvalue weighted by atomic mass is 10.1. The van der Waals surface area contributed by atoms with Crippen molar-refractivity contribution >= 4 is 55.1 Å². The molecular weight excluding hydrogens is 475 g/mol. The number of halogens is 3. The molecule has 1 atom stereocenters. The molecule has 1 amide bonds. The number of rotatable bonds is 7. The molecule has 2 aromatic carbocycles. The van der Waals surface area contributed by atoms with Crippen LogP contribution in [0.2, 0.25) is 10.0 Å². The molecule has 9 heteroatoms. The normalized spacial score (nSPS) is 12.8. The molecule has 0 saturated carbocycles. The maximum atomic E-state index is 12.9. The summed E-state index contributed by atoms with van der Waals surface area (Å²) < 4.78 is 27.7. The second-order valence-corrected chi connectivity index (χ2v) is 9.52. The fraction of sp³-hybridized carbons (Fsp3) is 0.278. The molecule has 0 aliphatic carbocycles. The van der Waals surface area contributed by atoms with E-state index in [0.29, 0.717) is 0 Å². The van der Waals surface area contributed by atoms with Gasteiger partial charge < -0.3 is 5.32 Å². The van der Waals surface area contributed by atoms with Crippen molar-refractivity contribution in [3.05, 3.63) is 62.5 Å². The maximum absolute atomic E-state index is 12.9. The molecule has 2 aromatic rings. The number of nitrogens with zero attached hydrogens (tertiary/aromatic N) is 1. The van der Waals surface area contributed by atoms with Crippen LogP contribution in [0.1, 0.15) is 25.5 Å². The minimum atomic E-state index is -3.96. The number of benzene rings is 2. The Morgan fingerprint density at radius 2 is 1.93 bits per heavy atom. The first-order valence-corrected chi connectivity index (χ1v) is 11.1. The van der Waals surface area contributed by atoms with Crippen molar-refractivity contribution in [1.29, 1.82) is 0 Å². The van der Waals surface area contributed by atoms with Gasteiger partial charge in [-0.1, -0.05) is 58.2 Å².